The third-order valence-electron chi connectivity index (χ3n) is 6.49. The smallest absolute Gasteiger partial charge is 0.279 e. The van der Waals surface area contributed by atoms with Crippen LogP contribution in [0.2, 0.25) is 0 Å². The Morgan fingerprint density at radius 1 is 0.943 bits per heavy atom. The molecule has 0 aliphatic carbocycles. The Labute approximate surface area is 199 Å². The zero-order valence-electron chi connectivity index (χ0n) is 18.7. The highest BCUT2D eigenvalue weighted by Crippen LogP contribution is 2.30. The number of amides is 1. The standard InChI is InChI=1S/C28H21FN4O2/c29-19-10-11-21-24(17-30-25(21)16-19)18-12-14-32(15-13-18)28(35)26-22-8-4-5-9-23(22)27(34)33(31-26)20-6-2-1-3-7-20/h1-12,16-17,30H,13-15H2. The van der Waals surface area contributed by atoms with Crippen molar-refractivity contribution in [1.82, 2.24) is 19.7 Å². The van der Waals surface area contributed by atoms with Gasteiger partial charge in [0, 0.05) is 41.1 Å². The molecule has 0 radical (unpaired) electrons. The highest BCUT2D eigenvalue weighted by Gasteiger charge is 2.25. The Balaban J connectivity index is 1.36. The van der Waals surface area contributed by atoms with Gasteiger partial charge in [-0.2, -0.15) is 9.78 Å². The number of rotatable bonds is 3. The summed E-state index contributed by atoms with van der Waals surface area (Å²) in [6.45, 7) is 0.932. The van der Waals surface area contributed by atoms with Crippen molar-refractivity contribution in [3.8, 4) is 5.69 Å². The molecule has 0 unspecified atom stereocenters. The zero-order valence-corrected chi connectivity index (χ0v) is 18.7. The van der Waals surface area contributed by atoms with Gasteiger partial charge in [-0.3, -0.25) is 9.59 Å². The molecule has 7 heteroatoms. The van der Waals surface area contributed by atoms with Gasteiger partial charge in [-0.25, -0.2) is 4.39 Å². The molecule has 1 N–H and O–H groups in total. The van der Waals surface area contributed by atoms with Gasteiger partial charge in [-0.1, -0.05) is 42.5 Å². The number of carbonyl (C=O) groups is 1. The second kappa shape index (κ2) is 8.36. The Morgan fingerprint density at radius 2 is 1.71 bits per heavy atom. The van der Waals surface area contributed by atoms with Crippen molar-refractivity contribution in [3.63, 3.8) is 0 Å². The number of hydrogen-bond acceptors (Lipinski definition) is 3. The van der Waals surface area contributed by atoms with E-state index in [1.54, 1.807) is 47.4 Å². The number of halogens is 1. The van der Waals surface area contributed by atoms with Gasteiger partial charge in [-0.15, -0.1) is 0 Å². The fourth-order valence-corrected chi connectivity index (χ4v) is 4.70. The van der Waals surface area contributed by atoms with Crippen LogP contribution in [0.3, 0.4) is 0 Å². The molecule has 172 valence electrons. The van der Waals surface area contributed by atoms with Gasteiger partial charge in [0.05, 0.1) is 11.1 Å². The predicted molar refractivity (Wildman–Crippen MR) is 134 cm³/mol. The molecule has 0 saturated heterocycles. The first-order chi connectivity index (χ1) is 17.1. The Kier molecular flexibility index (Phi) is 5.03. The van der Waals surface area contributed by atoms with E-state index in [2.05, 4.69) is 10.1 Å². The minimum Gasteiger partial charge on any atom is -0.360 e. The fraction of sp³-hybridized carbons (Fsp3) is 0.107. The molecule has 1 aliphatic rings. The highest BCUT2D eigenvalue weighted by molar-refractivity contribution is 6.05. The minimum atomic E-state index is -0.281. The summed E-state index contributed by atoms with van der Waals surface area (Å²) in [4.78, 5) is 31.6. The van der Waals surface area contributed by atoms with Gasteiger partial charge in [0.25, 0.3) is 11.5 Å². The van der Waals surface area contributed by atoms with E-state index in [1.165, 1.54) is 16.8 Å². The number of fused-ring (bicyclic) bond motifs is 2. The number of hydrogen-bond donors (Lipinski definition) is 1. The first kappa shape index (κ1) is 21.0. The molecule has 5 aromatic rings. The van der Waals surface area contributed by atoms with Crippen molar-refractivity contribution in [2.75, 3.05) is 13.1 Å². The lowest BCUT2D eigenvalue weighted by molar-refractivity contribution is 0.0767. The molecule has 35 heavy (non-hydrogen) atoms. The fourth-order valence-electron chi connectivity index (χ4n) is 4.70. The van der Waals surface area contributed by atoms with Crippen molar-refractivity contribution in [3.05, 3.63) is 112 Å². The average Bonchev–Trinajstić information content (AvgIpc) is 3.32. The van der Waals surface area contributed by atoms with Gasteiger partial charge in [-0.05, 0) is 48.4 Å². The molecule has 2 aromatic heterocycles. The predicted octanol–water partition coefficient (Wildman–Crippen LogP) is 4.94. The van der Waals surface area contributed by atoms with Crippen LogP contribution < -0.4 is 5.56 Å². The Morgan fingerprint density at radius 3 is 2.49 bits per heavy atom. The van der Waals surface area contributed by atoms with Crippen LogP contribution in [0, 0.1) is 5.82 Å². The first-order valence-electron chi connectivity index (χ1n) is 11.4. The number of aromatic amines is 1. The normalized spacial score (nSPS) is 13.9. The molecule has 3 aromatic carbocycles. The van der Waals surface area contributed by atoms with Gasteiger partial charge >= 0.3 is 0 Å². The van der Waals surface area contributed by atoms with Gasteiger partial charge in [0.1, 0.15) is 5.82 Å². The first-order valence-corrected chi connectivity index (χ1v) is 11.4. The number of para-hydroxylation sites is 1. The molecule has 0 spiro atoms. The van der Waals surface area contributed by atoms with E-state index in [0.717, 1.165) is 22.0 Å². The Hall–Kier alpha value is -4.52. The zero-order chi connectivity index (χ0) is 23.9. The quantitative estimate of drug-likeness (QED) is 0.411. The van der Waals surface area contributed by atoms with Crippen LogP contribution in [0.25, 0.3) is 32.9 Å². The summed E-state index contributed by atoms with van der Waals surface area (Å²) in [7, 11) is 0. The average molecular weight is 465 g/mol. The second-order valence-corrected chi connectivity index (χ2v) is 8.57. The monoisotopic (exact) mass is 464 g/mol. The van der Waals surface area contributed by atoms with E-state index in [0.29, 0.717) is 36.0 Å². The van der Waals surface area contributed by atoms with Gasteiger partial charge in [0.2, 0.25) is 0 Å². The molecule has 0 fully saturated rings. The molecular formula is C28H21FN4O2. The molecule has 0 atom stereocenters. The molecule has 6 rings (SSSR count). The van der Waals surface area contributed by atoms with E-state index in [4.69, 9.17) is 0 Å². The molecular weight excluding hydrogens is 443 g/mol. The van der Waals surface area contributed by atoms with E-state index < -0.39 is 0 Å². The topological polar surface area (TPSA) is 71.0 Å². The van der Waals surface area contributed by atoms with Crippen molar-refractivity contribution in [2.45, 2.75) is 6.42 Å². The van der Waals surface area contributed by atoms with Crippen molar-refractivity contribution in [2.24, 2.45) is 0 Å². The maximum absolute atomic E-state index is 13.6. The molecule has 1 aliphatic heterocycles. The lowest BCUT2D eigenvalue weighted by atomic mass is 9.98. The van der Waals surface area contributed by atoms with Gasteiger partial charge in [0.15, 0.2) is 5.69 Å². The van der Waals surface area contributed by atoms with Crippen LogP contribution in [0.4, 0.5) is 4.39 Å². The summed E-state index contributed by atoms with van der Waals surface area (Å²) in [6.07, 6.45) is 4.58. The van der Waals surface area contributed by atoms with Crippen LogP contribution in [-0.4, -0.2) is 38.7 Å². The maximum Gasteiger partial charge on any atom is 0.279 e. The van der Waals surface area contributed by atoms with Crippen LogP contribution in [0.1, 0.15) is 22.5 Å². The Bertz CT molecular complexity index is 1680. The summed E-state index contributed by atoms with van der Waals surface area (Å²) in [5.41, 5.74) is 3.47. The minimum absolute atomic E-state index is 0.220. The van der Waals surface area contributed by atoms with E-state index >= 15 is 0 Å². The molecule has 6 nitrogen and oxygen atoms in total. The maximum atomic E-state index is 13.6. The van der Waals surface area contributed by atoms with E-state index in [1.807, 2.05) is 30.5 Å². The third kappa shape index (κ3) is 3.61. The lowest BCUT2D eigenvalue weighted by Crippen LogP contribution is -2.37. The largest absolute Gasteiger partial charge is 0.360 e. The van der Waals surface area contributed by atoms with Crippen LogP contribution in [0.5, 0.6) is 0 Å². The van der Waals surface area contributed by atoms with Crippen molar-refractivity contribution >= 4 is 33.2 Å². The number of nitrogens with zero attached hydrogens (tertiary/aromatic N) is 3. The number of nitrogens with one attached hydrogen (secondary N) is 1. The number of aromatic nitrogens is 3. The number of benzene rings is 3. The number of H-pyrrole nitrogens is 1. The van der Waals surface area contributed by atoms with Crippen LogP contribution >= 0.6 is 0 Å². The summed E-state index contributed by atoms with van der Waals surface area (Å²) < 4.78 is 14.9. The molecule has 3 heterocycles. The van der Waals surface area contributed by atoms with Crippen molar-refractivity contribution in [1.29, 1.82) is 0 Å². The second-order valence-electron chi connectivity index (χ2n) is 8.57. The number of carbonyl (C=O) groups excluding carboxylic acids is 1. The molecule has 0 bridgehead atoms. The summed E-state index contributed by atoms with van der Waals surface area (Å²) in [5.74, 6) is -0.501. The van der Waals surface area contributed by atoms with Gasteiger partial charge < -0.3 is 9.88 Å². The summed E-state index contributed by atoms with van der Waals surface area (Å²) in [6, 6.07) is 20.9. The van der Waals surface area contributed by atoms with E-state index in [9.17, 15) is 14.0 Å². The van der Waals surface area contributed by atoms with E-state index in [-0.39, 0.29) is 23.0 Å². The SMILES string of the molecule is O=C(c1nn(-c2ccccc2)c(=O)c2ccccc12)N1CC=C(c2c[nH]c3cc(F)ccc23)CC1. The van der Waals surface area contributed by atoms with Crippen molar-refractivity contribution < 1.29 is 9.18 Å². The lowest BCUT2D eigenvalue weighted by Gasteiger charge is -2.26. The molecule has 1 amide bonds. The summed E-state index contributed by atoms with van der Waals surface area (Å²) in [5, 5.41) is 6.47. The molecule has 0 saturated carbocycles. The third-order valence-corrected chi connectivity index (χ3v) is 6.49. The van der Waals surface area contributed by atoms with Crippen LogP contribution in [0.15, 0.2) is 89.9 Å². The summed E-state index contributed by atoms with van der Waals surface area (Å²) >= 11 is 0. The highest BCUT2D eigenvalue weighted by atomic mass is 19.1. The van der Waals surface area contributed by atoms with Crippen LogP contribution in [-0.2, 0) is 0 Å².